The van der Waals surface area contributed by atoms with Crippen molar-refractivity contribution in [2.24, 2.45) is 11.8 Å². The highest BCUT2D eigenvalue weighted by atomic mass is 79.9. The van der Waals surface area contributed by atoms with Gasteiger partial charge in [-0.25, -0.2) is 4.90 Å². The number of nitro groups is 1. The molecule has 3 heterocycles. The summed E-state index contributed by atoms with van der Waals surface area (Å²) in [6, 6.07) is 15.6. The number of non-ortho nitro benzene ring substituents is 1. The molecule has 0 radical (unpaired) electrons. The summed E-state index contributed by atoms with van der Waals surface area (Å²) in [5.74, 6) is -3.46. The van der Waals surface area contributed by atoms with Crippen LogP contribution < -0.4 is 9.64 Å². The fraction of sp³-hybridized carbons (Fsp3) is 0.188. The highest BCUT2D eigenvalue weighted by molar-refractivity contribution is 9.10. The zero-order valence-electron chi connectivity index (χ0n) is 23.0. The lowest BCUT2D eigenvalue weighted by molar-refractivity contribution is -0.384. The van der Waals surface area contributed by atoms with E-state index < -0.39 is 46.4 Å². The standard InChI is InChI=1S/C32H24BrN3O7/c1-17-8-10-21(36(41)42)16-23(17)35-31(39)26-24-15-20(29(37)18-6-4-3-5-7-18)12-13-34(24)28(27(26)32(35)40)30(38)19-9-11-25(43-2)22(33)14-19/h3-16,24,26-28H,1-2H3/t24-,26-,27-,28+/m1/s1. The van der Waals surface area contributed by atoms with E-state index in [1.165, 1.54) is 25.3 Å². The number of benzene rings is 3. The van der Waals surface area contributed by atoms with Crippen LogP contribution in [0.4, 0.5) is 11.4 Å². The molecule has 216 valence electrons. The number of carbonyl (C=O) groups is 4. The van der Waals surface area contributed by atoms with Crippen LogP contribution in [0.5, 0.6) is 5.75 Å². The van der Waals surface area contributed by atoms with Gasteiger partial charge in [-0.3, -0.25) is 29.3 Å². The normalized spacial score (nSPS) is 22.3. The number of nitrogens with zero attached hydrogens (tertiary/aromatic N) is 3. The maximum atomic E-state index is 14.1. The Hall–Kier alpha value is -4.90. The van der Waals surface area contributed by atoms with Crippen LogP contribution in [0.25, 0.3) is 0 Å². The minimum atomic E-state index is -1.10. The molecule has 2 saturated heterocycles. The smallest absolute Gasteiger partial charge is 0.271 e. The number of ether oxygens (including phenoxy) is 1. The summed E-state index contributed by atoms with van der Waals surface area (Å²) >= 11 is 3.41. The molecule has 43 heavy (non-hydrogen) atoms. The number of halogens is 1. The number of hydrogen-bond acceptors (Lipinski definition) is 8. The molecule has 0 saturated carbocycles. The molecule has 3 aromatic rings. The molecular weight excluding hydrogens is 618 g/mol. The molecule has 4 atom stereocenters. The number of allylic oxidation sites excluding steroid dienone is 2. The fourth-order valence-corrected chi connectivity index (χ4v) is 6.67. The lowest BCUT2D eigenvalue weighted by Gasteiger charge is -2.33. The Morgan fingerprint density at radius 3 is 2.35 bits per heavy atom. The van der Waals surface area contributed by atoms with Gasteiger partial charge in [0, 0.05) is 35.0 Å². The number of hydrogen-bond donors (Lipinski definition) is 0. The maximum Gasteiger partial charge on any atom is 0.271 e. The maximum absolute atomic E-state index is 14.1. The van der Waals surface area contributed by atoms with Crippen molar-refractivity contribution in [2.75, 3.05) is 12.0 Å². The first-order valence-corrected chi connectivity index (χ1v) is 14.2. The van der Waals surface area contributed by atoms with Gasteiger partial charge >= 0.3 is 0 Å². The lowest BCUT2D eigenvalue weighted by Crippen LogP contribution is -2.46. The Bertz CT molecular complexity index is 1780. The third kappa shape index (κ3) is 4.56. The van der Waals surface area contributed by atoms with Crippen LogP contribution in [0.2, 0.25) is 0 Å². The third-order valence-corrected chi connectivity index (χ3v) is 8.82. The van der Waals surface area contributed by atoms with Gasteiger partial charge in [-0.15, -0.1) is 0 Å². The van der Waals surface area contributed by atoms with E-state index in [1.54, 1.807) is 78.7 Å². The van der Waals surface area contributed by atoms with Crippen molar-refractivity contribution < 1.29 is 28.8 Å². The minimum absolute atomic E-state index is 0.0967. The summed E-state index contributed by atoms with van der Waals surface area (Å²) in [4.78, 5) is 69.3. The van der Waals surface area contributed by atoms with Crippen LogP contribution in [0, 0.1) is 28.9 Å². The van der Waals surface area contributed by atoms with Crippen LogP contribution >= 0.6 is 15.9 Å². The number of rotatable bonds is 7. The zero-order chi connectivity index (χ0) is 30.6. The number of ketones is 2. The van der Waals surface area contributed by atoms with Crippen molar-refractivity contribution in [2.45, 2.75) is 19.0 Å². The van der Waals surface area contributed by atoms with E-state index >= 15 is 0 Å². The molecule has 10 nitrogen and oxygen atoms in total. The fourth-order valence-electron chi connectivity index (χ4n) is 6.13. The van der Waals surface area contributed by atoms with Crippen molar-refractivity contribution in [3.8, 4) is 5.75 Å². The molecule has 0 unspecified atom stereocenters. The first kappa shape index (κ1) is 28.2. The van der Waals surface area contributed by atoms with Crippen LogP contribution in [0.15, 0.2) is 95.1 Å². The van der Waals surface area contributed by atoms with Crippen LogP contribution in [-0.4, -0.2) is 52.4 Å². The first-order valence-electron chi connectivity index (χ1n) is 13.4. The molecule has 0 bridgehead atoms. The number of fused-ring (bicyclic) bond motifs is 3. The van der Waals surface area contributed by atoms with Crippen LogP contribution in [0.1, 0.15) is 26.3 Å². The van der Waals surface area contributed by atoms with Gasteiger partial charge in [0.15, 0.2) is 11.6 Å². The van der Waals surface area contributed by atoms with Gasteiger partial charge in [0.1, 0.15) is 11.8 Å². The molecule has 0 aliphatic carbocycles. The van der Waals surface area contributed by atoms with Crippen molar-refractivity contribution in [3.63, 3.8) is 0 Å². The second-order valence-electron chi connectivity index (χ2n) is 10.5. The topological polar surface area (TPSA) is 127 Å². The summed E-state index contributed by atoms with van der Waals surface area (Å²) in [5.41, 5.74) is 1.40. The molecule has 0 aromatic heterocycles. The van der Waals surface area contributed by atoms with E-state index in [2.05, 4.69) is 15.9 Å². The molecule has 0 N–H and O–H groups in total. The average Bonchev–Trinajstić information content (AvgIpc) is 3.48. The van der Waals surface area contributed by atoms with E-state index in [9.17, 15) is 29.3 Å². The second kappa shape index (κ2) is 10.7. The number of Topliss-reactive ketones (excluding diaryl/α,β-unsaturated/α-hetero) is 2. The van der Waals surface area contributed by atoms with E-state index in [1.807, 2.05) is 0 Å². The molecular formula is C32H24BrN3O7. The van der Waals surface area contributed by atoms with Crippen LogP contribution in [0.3, 0.4) is 0 Å². The monoisotopic (exact) mass is 641 g/mol. The van der Waals surface area contributed by atoms with Crippen molar-refractivity contribution in [1.82, 2.24) is 4.90 Å². The number of methoxy groups -OCH3 is 1. The Morgan fingerprint density at radius 1 is 0.953 bits per heavy atom. The molecule has 0 spiro atoms. The number of nitro benzene ring substituents is 1. The number of amides is 2. The number of carbonyl (C=O) groups excluding carboxylic acids is 4. The van der Waals surface area contributed by atoms with E-state index in [4.69, 9.17) is 4.74 Å². The molecule has 3 aliphatic rings. The summed E-state index contributed by atoms with van der Waals surface area (Å²) in [6.45, 7) is 1.65. The predicted octanol–water partition coefficient (Wildman–Crippen LogP) is 5.05. The second-order valence-corrected chi connectivity index (χ2v) is 11.4. The molecule has 3 aliphatic heterocycles. The number of aryl methyl sites for hydroxylation is 1. The minimum Gasteiger partial charge on any atom is -0.496 e. The van der Waals surface area contributed by atoms with E-state index in [-0.39, 0.29) is 17.2 Å². The molecule has 6 rings (SSSR count). The Balaban J connectivity index is 1.46. The quantitative estimate of drug-likeness (QED) is 0.152. The Kier molecular flexibility index (Phi) is 7.05. The van der Waals surface area contributed by atoms with Crippen molar-refractivity contribution >= 4 is 50.7 Å². The lowest BCUT2D eigenvalue weighted by atomic mass is 9.85. The summed E-state index contributed by atoms with van der Waals surface area (Å²) in [5, 5.41) is 11.5. The first-order chi connectivity index (χ1) is 20.6. The molecule has 2 amide bonds. The van der Waals surface area contributed by atoms with Crippen molar-refractivity contribution in [1.29, 1.82) is 0 Å². The molecule has 11 heteroatoms. The highest BCUT2D eigenvalue weighted by Gasteiger charge is 2.63. The van der Waals surface area contributed by atoms with Gasteiger partial charge in [0.2, 0.25) is 11.8 Å². The van der Waals surface area contributed by atoms with Gasteiger partial charge in [0.25, 0.3) is 5.69 Å². The number of imide groups is 1. The number of anilines is 1. The summed E-state index contributed by atoms with van der Waals surface area (Å²) < 4.78 is 5.83. The predicted molar refractivity (Wildman–Crippen MR) is 160 cm³/mol. The van der Waals surface area contributed by atoms with Crippen molar-refractivity contribution in [3.05, 3.63) is 122 Å². The highest BCUT2D eigenvalue weighted by Crippen LogP contribution is 2.48. The van der Waals surface area contributed by atoms with E-state index in [0.29, 0.717) is 32.5 Å². The SMILES string of the molecule is COc1ccc(C(=O)[C@@H]2[C@@H]3C(=O)N(c4cc([N+](=O)[O-])ccc4C)C(=O)[C@@H]3[C@H]3C=C(C(=O)c4ccccc4)C=CN32)cc1Br. The van der Waals surface area contributed by atoms with E-state index in [0.717, 1.165) is 4.90 Å². The van der Waals surface area contributed by atoms with Crippen LogP contribution in [-0.2, 0) is 9.59 Å². The summed E-state index contributed by atoms with van der Waals surface area (Å²) in [7, 11) is 1.50. The van der Waals surface area contributed by atoms with Gasteiger partial charge < -0.3 is 9.64 Å². The average molecular weight is 642 g/mol. The van der Waals surface area contributed by atoms with Gasteiger partial charge in [-0.1, -0.05) is 42.5 Å². The molecule has 2 fully saturated rings. The Labute approximate surface area is 254 Å². The van der Waals surface area contributed by atoms with Gasteiger partial charge in [0.05, 0.1) is 40.1 Å². The van der Waals surface area contributed by atoms with Gasteiger partial charge in [-0.05, 0) is 52.7 Å². The largest absolute Gasteiger partial charge is 0.496 e. The third-order valence-electron chi connectivity index (χ3n) is 8.20. The van der Waals surface area contributed by atoms with Gasteiger partial charge in [-0.2, -0.15) is 0 Å². The Morgan fingerprint density at radius 2 is 1.67 bits per heavy atom. The zero-order valence-corrected chi connectivity index (χ0v) is 24.6. The summed E-state index contributed by atoms with van der Waals surface area (Å²) in [6.07, 6.45) is 4.83. The molecule has 3 aromatic carbocycles.